The molecule has 1 aromatic rings. The smallest absolute Gasteiger partial charge is 0.261 e. The zero-order chi connectivity index (χ0) is 19.4. The van der Waals surface area contributed by atoms with E-state index in [2.05, 4.69) is 0 Å². The van der Waals surface area contributed by atoms with E-state index in [1.54, 1.807) is 41.1 Å². The molecule has 0 saturated carbocycles. The quantitative estimate of drug-likeness (QED) is 0.378. The number of amides is 1. The molecule has 0 aromatic heterocycles. The van der Waals surface area contributed by atoms with Gasteiger partial charge in [-0.2, -0.15) is 4.31 Å². The highest BCUT2D eigenvalue weighted by Crippen LogP contribution is 2.48. The second-order valence-electron chi connectivity index (χ2n) is 5.70. The summed E-state index contributed by atoms with van der Waals surface area (Å²) in [6, 6.07) is 5.10. The Hall–Kier alpha value is -0.940. The minimum Gasteiger partial charge on any atom is -0.497 e. The molecular weight excluding hydrogens is 396 g/mol. The van der Waals surface area contributed by atoms with Gasteiger partial charge in [-0.15, -0.1) is 23.5 Å². The number of ether oxygens (including phenoxy) is 1. The van der Waals surface area contributed by atoms with Crippen LogP contribution in [0.25, 0.3) is 0 Å². The normalized spacial score (nSPS) is 20.1. The average molecular weight is 421 g/mol. The number of nitrogens with one attached hydrogen (secondary N) is 1. The van der Waals surface area contributed by atoms with Crippen molar-refractivity contribution in [1.82, 2.24) is 9.79 Å². The SMILES string of the molecule is CCSC1(SCC)C[C@H](C(=O)NO)N(S(=O)(=O)c2ccc(OC)cc2)C1. The second kappa shape index (κ2) is 8.83. The summed E-state index contributed by atoms with van der Waals surface area (Å²) in [5.41, 5.74) is 1.62. The maximum Gasteiger partial charge on any atom is 0.261 e. The van der Waals surface area contributed by atoms with Crippen molar-refractivity contribution in [3.05, 3.63) is 24.3 Å². The third-order valence-electron chi connectivity index (χ3n) is 4.14. The predicted octanol–water partition coefficient (Wildman–Crippen LogP) is 2.17. The molecule has 1 atom stereocenters. The number of hydroxylamine groups is 1. The number of benzene rings is 1. The summed E-state index contributed by atoms with van der Waals surface area (Å²) >= 11 is 3.28. The summed E-state index contributed by atoms with van der Waals surface area (Å²) in [4.78, 5) is 12.3. The molecule has 146 valence electrons. The van der Waals surface area contributed by atoms with Crippen LogP contribution in [0.4, 0.5) is 0 Å². The molecule has 1 aliphatic rings. The predicted molar refractivity (Wildman–Crippen MR) is 104 cm³/mol. The summed E-state index contributed by atoms with van der Waals surface area (Å²) in [7, 11) is -2.39. The van der Waals surface area contributed by atoms with E-state index in [1.807, 2.05) is 13.8 Å². The van der Waals surface area contributed by atoms with E-state index < -0.39 is 26.1 Å². The minimum atomic E-state index is -3.90. The van der Waals surface area contributed by atoms with Crippen LogP contribution in [0.5, 0.6) is 5.75 Å². The monoisotopic (exact) mass is 420 g/mol. The molecule has 0 spiro atoms. The lowest BCUT2D eigenvalue weighted by Crippen LogP contribution is -2.45. The molecule has 1 amide bonds. The molecule has 1 aliphatic heterocycles. The molecule has 0 aliphatic carbocycles. The number of thioether (sulfide) groups is 2. The molecule has 10 heteroatoms. The van der Waals surface area contributed by atoms with E-state index >= 15 is 0 Å². The number of hydrogen-bond donors (Lipinski definition) is 2. The molecule has 1 aromatic carbocycles. The van der Waals surface area contributed by atoms with Gasteiger partial charge < -0.3 is 4.74 Å². The Morgan fingerprint density at radius 3 is 2.35 bits per heavy atom. The van der Waals surface area contributed by atoms with Crippen LogP contribution in [0.3, 0.4) is 0 Å². The van der Waals surface area contributed by atoms with Gasteiger partial charge >= 0.3 is 0 Å². The van der Waals surface area contributed by atoms with Crippen molar-refractivity contribution in [2.45, 2.75) is 35.3 Å². The van der Waals surface area contributed by atoms with Gasteiger partial charge in [0.25, 0.3) is 5.91 Å². The average Bonchev–Trinajstić information content (AvgIpc) is 3.02. The van der Waals surface area contributed by atoms with Crippen molar-refractivity contribution in [2.24, 2.45) is 0 Å². The van der Waals surface area contributed by atoms with E-state index in [9.17, 15) is 13.2 Å². The molecule has 1 saturated heterocycles. The van der Waals surface area contributed by atoms with Crippen LogP contribution >= 0.6 is 23.5 Å². The van der Waals surface area contributed by atoms with Crippen molar-refractivity contribution < 1.29 is 23.2 Å². The first-order valence-corrected chi connectivity index (χ1v) is 11.6. The Bertz CT molecular complexity index is 718. The lowest BCUT2D eigenvalue weighted by molar-refractivity contribution is -0.132. The highest BCUT2D eigenvalue weighted by molar-refractivity contribution is 8.18. The van der Waals surface area contributed by atoms with Crippen molar-refractivity contribution in [3.63, 3.8) is 0 Å². The van der Waals surface area contributed by atoms with Gasteiger partial charge in [-0.3, -0.25) is 10.0 Å². The summed E-state index contributed by atoms with van der Waals surface area (Å²) in [6.45, 7) is 4.21. The topological polar surface area (TPSA) is 95.9 Å². The lowest BCUT2D eigenvalue weighted by atomic mass is 10.2. The van der Waals surface area contributed by atoms with Gasteiger partial charge in [0.2, 0.25) is 10.0 Å². The number of rotatable bonds is 8. The third kappa shape index (κ3) is 4.30. The largest absolute Gasteiger partial charge is 0.497 e. The first-order valence-electron chi connectivity index (χ1n) is 8.21. The molecule has 0 unspecified atom stereocenters. The van der Waals surface area contributed by atoms with Crippen LogP contribution in [0, 0.1) is 0 Å². The Morgan fingerprint density at radius 2 is 1.88 bits per heavy atom. The highest BCUT2D eigenvalue weighted by atomic mass is 32.2. The molecule has 1 fully saturated rings. The summed E-state index contributed by atoms with van der Waals surface area (Å²) in [5.74, 6) is 1.44. The Morgan fingerprint density at radius 1 is 1.31 bits per heavy atom. The number of sulfonamides is 1. The van der Waals surface area contributed by atoms with E-state index in [0.717, 1.165) is 11.5 Å². The van der Waals surface area contributed by atoms with Crippen molar-refractivity contribution in [2.75, 3.05) is 25.2 Å². The standard InChI is InChI=1S/C16H24N2O5S3/c1-4-24-16(25-5-2)10-14(15(19)17-20)18(11-16)26(21,22)13-8-6-12(23-3)7-9-13/h6-9,14,20H,4-5,10-11H2,1-3H3,(H,17,19)/t14-/m1/s1. The van der Waals surface area contributed by atoms with Crippen molar-refractivity contribution in [3.8, 4) is 5.75 Å². The number of hydrogen-bond acceptors (Lipinski definition) is 7. The lowest BCUT2D eigenvalue weighted by Gasteiger charge is -2.27. The first kappa shape index (κ1) is 21.4. The van der Waals surface area contributed by atoms with Crippen LogP contribution < -0.4 is 10.2 Å². The highest BCUT2D eigenvalue weighted by Gasteiger charge is 2.51. The van der Waals surface area contributed by atoms with Crippen molar-refractivity contribution in [1.29, 1.82) is 0 Å². The fourth-order valence-electron chi connectivity index (χ4n) is 3.02. The van der Waals surface area contributed by atoms with Crippen LogP contribution in [0.1, 0.15) is 20.3 Å². The number of carbonyl (C=O) groups is 1. The van der Waals surface area contributed by atoms with E-state index in [1.165, 1.54) is 23.5 Å². The van der Waals surface area contributed by atoms with Crippen LogP contribution in [0.15, 0.2) is 29.2 Å². The summed E-state index contributed by atoms with van der Waals surface area (Å²) < 4.78 is 32.2. The van der Waals surface area contributed by atoms with Gasteiger partial charge in [0.1, 0.15) is 11.8 Å². The fraction of sp³-hybridized carbons (Fsp3) is 0.562. The number of methoxy groups -OCH3 is 1. The van der Waals surface area contributed by atoms with Crippen LogP contribution in [-0.4, -0.2) is 59.1 Å². The molecule has 0 radical (unpaired) electrons. The molecule has 7 nitrogen and oxygen atoms in total. The maximum atomic E-state index is 13.2. The molecule has 1 heterocycles. The van der Waals surface area contributed by atoms with E-state index in [-0.39, 0.29) is 11.4 Å². The molecule has 26 heavy (non-hydrogen) atoms. The summed E-state index contributed by atoms with van der Waals surface area (Å²) in [6.07, 6.45) is 0.339. The molecule has 0 bridgehead atoms. The fourth-order valence-corrected chi connectivity index (χ4v) is 7.93. The van der Waals surface area contributed by atoms with Gasteiger partial charge in [0.05, 0.1) is 16.1 Å². The third-order valence-corrected chi connectivity index (χ3v) is 8.94. The maximum absolute atomic E-state index is 13.2. The number of nitrogens with zero attached hydrogens (tertiary/aromatic N) is 1. The zero-order valence-corrected chi connectivity index (χ0v) is 17.4. The zero-order valence-electron chi connectivity index (χ0n) is 15.0. The molecule has 2 rings (SSSR count). The summed E-state index contributed by atoms with van der Waals surface area (Å²) in [5, 5.41) is 9.10. The van der Waals surface area contributed by atoms with E-state index in [0.29, 0.717) is 12.2 Å². The first-order chi connectivity index (χ1) is 12.3. The van der Waals surface area contributed by atoms with Gasteiger partial charge in [-0.05, 0) is 42.2 Å². The minimum absolute atomic E-state index is 0.0906. The Labute approximate surface area is 162 Å². The van der Waals surface area contributed by atoms with Gasteiger partial charge in [0, 0.05) is 6.54 Å². The van der Waals surface area contributed by atoms with Gasteiger partial charge in [0.15, 0.2) is 0 Å². The number of carbonyl (C=O) groups excluding carboxylic acids is 1. The molecule has 2 N–H and O–H groups in total. The van der Waals surface area contributed by atoms with Crippen LogP contribution in [0.2, 0.25) is 0 Å². The van der Waals surface area contributed by atoms with Crippen molar-refractivity contribution >= 4 is 39.5 Å². The second-order valence-corrected chi connectivity index (χ2v) is 11.1. The van der Waals surface area contributed by atoms with Gasteiger partial charge in [-0.1, -0.05) is 13.8 Å². The Kier molecular flexibility index (Phi) is 7.26. The van der Waals surface area contributed by atoms with Gasteiger partial charge in [-0.25, -0.2) is 13.9 Å². The van der Waals surface area contributed by atoms with Crippen LogP contribution in [-0.2, 0) is 14.8 Å². The van der Waals surface area contributed by atoms with E-state index in [4.69, 9.17) is 9.94 Å². The Balaban J connectivity index is 2.42. The molecular formula is C16H24N2O5S3.